The fraction of sp³-hybridized carbons (Fsp3) is 0.250. The molecule has 0 bridgehead atoms. The first-order chi connectivity index (χ1) is 11.6. The smallest absolute Gasteiger partial charge is 0.326 e. The van der Waals surface area contributed by atoms with E-state index in [1.165, 1.54) is 17.4 Å². The van der Waals surface area contributed by atoms with Gasteiger partial charge in [0.15, 0.2) is 0 Å². The van der Waals surface area contributed by atoms with Crippen molar-refractivity contribution in [2.75, 3.05) is 6.54 Å². The van der Waals surface area contributed by atoms with Gasteiger partial charge < -0.3 is 20.3 Å². The van der Waals surface area contributed by atoms with Crippen LogP contribution < -0.4 is 5.32 Å². The van der Waals surface area contributed by atoms with E-state index in [9.17, 15) is 19.5 Å². The Morgan fingerprint density at radius 2 is 2.00 bits per heavy atom. The van der Waals surface area contributed by atoms with Crippen molar-refractivity contribution in [1.29, 1.82) is 0 Å². The zero-order valence-electron chi connectivity index (χ0n) is 12.7. The zero-order valence-corrected chi connectivity index (χ0v) is 12.7. The molecule has 2 amide bonds. The molecule has 0 spiro atoms. The van der Waals surface area contributed by atoms with Crippen LogP contribution in [0, 0.1) is 0 Å². The lowest BCUT2D eigenvalue weighted by Gasteiger charge is -2.20. The van der Waals surface area contributed by atoms with Crippen LogP contribution in [-0.4, -0.2) is 56.4 Å². The number of aromatic nitrogens is 2. The number of rotatable bonds is 4. The Kier molecular flexibility index (Phi) is 4.28. The molecule has 1 aromatic heterocycles. The van der Waals surface area contributed by atoms with Crippen molar-refractivity contribution < 1.29 is 19.5 Å². The summed E-state index contributed by atoms with van der Waals surface area (Å²) in [5.74, 6) is -1.84. The molecule has 2 unspecified atom stereocenters. The number of hydrogen-bond donors (Lipinski definition) is 3. The van der Waals surface area contributed by atoms with Crippen LogP contribution in [0.5, 0.6) is 0 Å². The molecule has 3 N–H and O–H groups in total. The Hall–Kier alpha value is -3.16. The van der Waals surface area contributed by atoms with Gasteiger partial charge in [0.2, 0.25) is 0 Å². The largest absolute Gasteiger partial charge is 0.480 e. The Morgan fingerprint density at radius 1 is 1.25 bits per heavy atom. The first-order valence-electron chi connectivity index (χ1n) is 7.44. The number of likely N-dealkylation sites (tertiary alicyclic amines) is 1. The highest BCUT2D eigenvalue weighted by Crippen LogP contribution is 2.21. The predicted molar refractivity (Wildman–Crippen MR) is 83.4 cm³/mol. The lowest BCUT2D eigenvalue weighted by molar-refractivity contribution is -0.141. The summed E-state index contributed by atoms with van der Waals surface area (Å²) >= 11 is 0. The minimum absolute atomic E-state index is 0.132. The van der Waals surface area contributed by atoms with Crippen molar-refractivity contribution in [3.8, 4) is 0 Å². The molecule has 2 atom stereocenters. The lowest BCUT2D eigenvalue weighted by atomic mass is 10.1. The van der Waals surface area contributed by atoms with Crippen LogP contribution in [0.2, 0.25) is 0 Å². The standard InChI is InChI=1S/C16H16N4O4/c21-14(10-4-2-1-3-5-10)19-11-6-13(16(23)24)20(8-11)15(22)12-7-17-9-18-12/h1-5,7,9,11,13H,6,8H2,(H,17,18)(H,19,21)(H,23,24). The number of benzene rings is 1. The molecule has 1 saturated heterocycles. The van der Waals surface area contributed by atoms with Crippen molar-refractivity contribution in [2.45, 2.75) is 18.5 Å². The molecule has 1 fully saturated rings. The summed E-state index contributed by atoms with van der Waals surface area (Å²) in [5, 5.41) is 12.2. The van der Waals surface area contributed by atoms with Crippen molar-refractivity contribution in [3.63, 3.8) is 0 Å². The molecular formula is C16H16N4O4. The summed E-state index contributed by atoms with van der Waals surface area (Å²) < 4.78 is 0. The van der Waals surface area contributed by atoms with Gasteiger partial charge in [0.05, 0.1) is 12.5 Å². The average Bonchev–Trinajstić information content (AvgIpc) is 3.25. The third kappa shape index (κ3) is 3.12. The second-order valence-corrected chi connectivity index (χ2v) is 5.55. The number of nitrogens with zero attached hydrogens (tertiary/aromatic N) is 2. The number of aliphatic carboxylic acids is 1. The second kappa shape index (κ2) is 6.53. The molecule has 0 aliphatic carbocycles. The number of hydrogen-bond acceptors (Lipinski definition) is 4. The lowest BCUT2D eigenvalue weighted by Crippen LogP contribution is -2.41. The summed E-state index contributed by atoms with van der Waals surface area (Å²) in [6, 6.07) is 7.24. The molecule has 1 aliphatic rings. The van der Waals surface area contributed by atoms with Gasteiger partial charge in [0.1, 0.15) is 11.7 Å². The van der Waals surface area contributed by atoms with Gasteiger partial charge in [-0.3, -0.25) is 9.59 Å². The first-order valence-corrected chi connectivity index (χ1v) is 7.44. The van der Waals surface area contributed by atoms with E-state index in [1.807, 2.05) is 0 Å². The predicted octanol–water partition coefficient (Wildman–Crippen LogP) is 0.507. The van der Waals surface area contributed by atoms with Crippen LogP contribution in [-0.2, 0) is 4.79 Å². The number of H-pyrrole nitrogens is 1. The first kappa shape index (κ1) is 15.7. The van der Waals surface area contributed by atoms with Gasteiger partial charge in [0, 0.05) is 24.6 Å². The maximum Gasteiger partial charge on any atom is 0.326 e. The topological polar surface area (TPSA) is 115 Å². The van der Waals surface area contributed by atoms with Gasteiger partial charge in [-0.2, -0.15) is 0 Å². The van der Waals surface area contributed by atoms with E-state index in [2.05, 4.69) is 15.3 Å². The second-order valence-electron chi connectivity index (χ2n) is 5.55. The molecule has 2 aromatic rings. The number of aromatic amines is 1. The van der Waals surface area contributed by atoms with Gasteiger partial charge in [-0.05, 0) is 12.1 Å². The molecule has 3 rings (SSSR count). The minimum atomic E-state index is -1.10. The third-order valence-corrected chi connectivity index (χ3v) is 3.95. The monoisotopic (exact) mass is 328 g/mol. The summed E-state index contributed by atoms with van der Waals surface area (Å²) in [7, 11) is 0. The quantitative estimate of drug-likeness (QED) is 0.756. The van der Waals surface area contributed by atoms with Crippen molar-refractivity contribution in [1.82, 2.24) is 20.2 Å². The maximum atomic E-state index is 12.4. The van der Waals surface area contributed by atoms with Gasteiger partial charge in [-0.15, -0.1) is 0 Å². The molecule has 1 aromatic carbocycles. The molecule has 8 heteroatoms. The Balaban J connectivity index is 1.72. The van der Waals surface area contributed by atoms with E-state index in [0.29, 0.717) is 5.56 Å². The van der Waals surface area contributed by atoms with Crippen LogP contribution in [0.3, 0.4) is 0 Å². The van der Waals surface area contributed by atoms with Gasteiger partial charge in [-0.1, -0.05) is 18.2 Å². The van der Waals surface area contributed by atoms with Gasteiger partial charge in [0.25, 0.3) is 11.8 Å². The molecule has 8 nitrogen and oxygen atoms in total. The number of carbonyl (C=O) groups excluding carboxylic acids is 2. The van der Waals surface area contributed by atoms with Crippen molar-refractivity contribution in [3.05, 3.63) is 54.1 Å². The Morgan fingerprint density at radius 3 is 2.62 bits per heavy atom. The van der Waals surface area contributed by atoms with E-state index in [1.54, 1.807) is 30.3 Å². The summed E-state index contributed by atoms with van der Waals surface area (Å²) in [6.45, 7) is 0.132. The number of carboxylic acid groups (broad SMARTS) is 1. The van der Waals surface area contributed by atoms with Crippen LogP contribution in [0.4, 0.5) is 0 Å². The fourth-order valence-electron chi connectivity index (χ4n) is 2.78. The normalized spacial score (nSPS) is 19.9. The Bertz CT molecular complexity index is 745. The molecule has 24 heavy (non-hydrogen) atoms. The summed E-state index contributed by atoms with van der Waals surface area (Å²) in [4.78, 5) is 43.7. The van der Waals surface area contributed by atoms with E-state index in [-0.39, 0.29) is 24.6 Å². The van der Waals surface area contributed by atoms with Crippen molar-refractivity contribution in [2.24, 2.45) is 0 Å². The van der Waals surface area contributed by atoms with Crippen LogP contribution in [0.1, 0.15) is 27.3 Å². The number of imidazole rings is 1. The van der Waals surface area contributed by atoms with Gasteiger partial charge in [-0.25, -0.2) is 9.78 Å². The van der Waals surface area contributed by atoms with E-state index < -0.39 is 24.0 Å². The molecule has 2 heterocycles. The molecule has 1 aliphatic heterocycles. The summed E-state index contributed by atoms with van der Waals surface area (Å²) in [5.41, 5.74) is 0.707. The van der Waals surface area contributed by atoms with Crippen LogP contribution >= 0.6 is 0 Å². The average molecular weight is 328 g/mol. The van der Waals surface area contributed by atoms with E-state index in [0.717, 1.165) is 0 Å². The molecule has 0 saturated carbocycles. The molecule has 124 valence electrons. The number of amides is 2. The number of nitrogens with one attached hydrogen (secondary N) is 2. The third-order valence-electron chi connectivity index (χ3n) is 3.95. The Labute approximate surface area is 137 Å². The maximum absolute atomic E-state index is 12.4. The van der Waals surface area contributed by atoms with Crippen LogP contribution in [0.15, 0.2) is 42.9 Å². The van der Waals surface area contributed by atoms with Crippen molar-refractivity contribution >= 4 is 17.8 Å². The van der Waals surface area contributed by atoms with E-state index in [4.69, 9.17) is 0 Å². The molecule has 0 radical (unpaired) electrons. The number of carboxylic acids is 1. The zero-order chi connectivity index (χ0) is 17.1. The fourth-order valence-corrected chi connectivity index (χ4v) is 2.78. The molecular weight excluding hydrogens is 312 g/mol. The highest BCUT2D eigenvalue weighted by atomic mass is 16.4. The highest BCUT2D eigenvalue weighted by Gasteiger charge is 2.40. The van der Waals surface area contributed by atoms with E-state index >= 15 is 0 Å². The number of carbonyl (C=O) groups is 3. The van der Waals surface area contributed by atoms with Crippen LogP contribution in [0.25, 0.3) is 0 Å². The van der Waals surface area contributed by atoms with Gasteiger partial charge >= 0.3 is 5.97 Å². The SMILES string of the molecule is O=C(NC1CC(C(=O)O)N(C(=O)c2cnc[nH]2)C1)c1ccccc1. The summed E-state index contributed by atoms with van der Waals surface area (Å²) in [6.07, 6.45) is 2.86. The highest BCUT2D eigenvalue weighted by molar-refractivity contribution is 5.96. The minimum Gasteiger partial charge on any atom is -0.480 e.